The van der Waals surface area contributed by atoms with Crippen molar-refractivity contribution in [3.63, 3.8) is 0 Å². The van der Waals surface area contributed by atoms with E-state index in [2.05, 4.69) is 4.74 Å². The van der Waals surface area contributed by atoms with Gasteiger partial charge in [0.25, 0.3) is 0 Å². The second-order valence-electron chi connectivity index (χ2n) is 3.46. The van der Waals surface area contributed by atoms with Gasteiger partial charge in [-0.15, -0.1) is 0 Å². The van der Waals surface area contributed by atoms with E-state index in [9.17, 15) is 18.0 Å². The first-order chi connectivity index (χ1) is 7.82. The lowest BCUT2D eigenvalue weighted by Crippen LogP contribution is -2.43. The molecule has 0 heterocycles. The molecule has 100 valence electrons. The van der Waals surface area contributed by atoms with Gasteiger partial charge in [-0.2, -0.15) is 0 Å². The van der Waals surface area contributed by atoms with Crippen LogP contribution in [0.15, 0.2) is 0 Å². The Morgan fingerprint density at radius 2 is 2.00 bits per heavy atom. The first kappa shape index (κ1) is 15.9. The SMILES string of the molecule is CCCCS(=O)(=O)N[C@@H](CC(=O)OC)C(=O)O. The lowest BCUT2D eigenvalue weighted by molar-refractivity contribution is -0.147. The molecule has 0 fully saturated rings. The summed E-state index contributed by atoms with van der Waals surface area (Å²) in [6, 6.07) is -1.48. The number of ether oxygens (including phenoxy) is 1. The molecule has 0 aromatic heterocycles. The van der Waals surface area contributed by atoms with Crippen molar-refractivity contribution in [2.45, 2.75) is 32.2 Å². The Bertz CT molecular complexity index is 364. The number of carbonyl (C=O) groups excluding carboxylic acids is 1. The Balaban J connectivity index is 4.54. The number of hydrogen-bond acceptors (Lipinski definition) is 5. The van der Waals surface area contributed by atoms with Gasteiger partial charge in [0.1, 0.15) is 6.04 Å². The molecule has 0 aromatic carbocycles. The monoisotopic (exact) mass is 267 g/mol. The summed E-state index contributed by atoms with van der Waals surface area (Å²) in [4.78, 5) is 21.7. The Hall–Kier alpha value is -1.15. The lowest BCUT2D eigenvalue weighted by atomic mass is 10.2. The summed E-state index contributed by atoms with van der Waals surface area (Å²) < 4.78 is 29.1. The van der Waals surface area contributed by atoms with Crippen LogP contribution >= 0.6 is 0 Å². The highest BCUT2D eigenvalue weighted by molar-refractivity contribution is 7.89. The maximum Gasteiger partial charge on any atom is 0.322 e. The van der Waals surface area contributed by atoms with Crippen LogP contribution in [0.5, 0.6) is 0 Å². The molecule has 0 bridgehead atoms. The predicted molar refractivity (Wildman–Crippen MR) is 59.9 cm³/mol. The van der Waals surface area contributed by atoms with Gasteiger partial charge < -0.3 is 9.84 Å². The van der Waals surface area contributed by atoms with Crippen molar-refractivity contribution in [3.05, 3.63) is 0 Å². The molecule has 7 nitrogen and oxygen atoms in total. The van der Waals surface area contributed by atoms with Crippen LogP contribution in [0, 0.1) is 0 Å². The highest BCUT2D eigenvalue weighted by Crippen LogP contribution is 2.00. The number of carboxylic acids is 1. The van der Waals surface area contributed by atoms with Crippen LogP contribution in [-0.2, 0) is 24.3 Å². The molecule has 0 saturated heterocycles. The first-order valence-corrected chi connectivity index (χ1v) is 6.77. The third-order valence-electron chi connectivity index (χ3n) is 1.98. The van der Waals surface area contributed by atoms with E-state index >= 15 is 0 Å². The van der Waals surface area contributed by atoms with Crippen molar-refractivity contribution in [1.82, 2.24) is 4.72 Å². The molecule has 0 aliphatic heterocycles. The van der Waals surface area contributed by atoms with E-state index in [0.717, 1.165) is 7.11 Å². The van der Waals surface area contributed by atoms with E-state index in [4.69, 9.17) is 5.11 Å². The summed E-state index contributed by atoms with van der Waals surface area (Å²) in [6.07, 6.45) is 0.576. The van der Waals surface area contributed by atoms with Gasteiger partial charge in [0.05, 0.1) is 19.3 Å². The zero-order chi connectivity index (χ0) is 13.5. The Morgan fingerprint density at radius 3 is 2.41 bits per heavy atom. The van der Waals surface area contributed by atoms with Crippen molar-refractivity contribution < 1.29 is 27.9 Å². The van der Waals surface area contributed by atoms with Crippen molar-refractivity contribution in [3.8, 4) is 0 Å². The van der Waals surface area contributed by atoms with E-state index in [1.54, 1.807) is 0 Å². The average Bonchev–Trinajstić information content (AvgIpc) is 2.25. The standard InChI is InChI=1S/C9H17NO6S/c1-3-4-5-17(14,15)10-7(9(12)13)6-8(11)16-2/h7,10H,3-6H2,1-2H3,(H,12,13)/t7-/m0/s1. The van der Waals surface area contributed by atoms with Crippen molar-refractivity contribution >= 4 is 22.0 Å². The fourth-order valence-corrected chi connectivity index (χ4v) is 2.44. The number of hydrogen-bond donors (Lipinski definition) is 2. The molecule has 0 amide bonds. The van der Waals surface area contributed by atoms with Crippen LogP contribution in [0.3, 0.4) is 0 Å². The zero-order valence-corrected chi connectivity index (χ0v) is 10.6. The fourth-order valence-electron chi connectivity index (χ4n) is 1.04. The molecule has 0 spiro atoms. The van der Waals surface area contributed by atoms with E-state index in [0.29, 0.717) is 12.8 Å². The summed E-state index contributed by atoms with van der Waals surface area (Å²) in [5.74, 6) is -2.35. The van der Waals surface area contributed by atoms with Crippen LogP contribution in [0.25, 0.3) is 0 Å². The average molecular weight is 267 g/mol. The Morgan fingerprint density at radius 1 is 1.41 bits per heavy atom. The number of sulfonamides is 1. The number of carboxylic acid groups (broad SMARTS) is 1. The Kier molecular flexibility index (Phi) is 6.74. The van der Waals surface area contributed by atoms with Crippen molar-refractivity contribution in [2.24, 2.45) is 0 Å². The van der Waals surface area contributed by atoms with Crippen LogP contribution in [0.1, 0.15) is 26.2 Å². The minimum Gasteiger partial charge on any atom is -0.480 e. The number of carbonyl (C=O) groups is 2. The molecule has 1 atom stereocenters. The number of esters is 1. The summed E-state index contributed by atoms with van der Waals surface area (Å²) in [6.45, 7) is 1.82. The van der Waals surface area contributed by atoms with Crippen LogP contribution in [-0.4, -0.2) is 44.4 Å². The van der Waals surface area contributed by atoms with E-state index in [1.807, 2.05) is 11.6 Å². The van der Waals surface area contributed by atoms with E-state index < -0.39 is 34.4 Å². The number of methoxy groups -OCH3 is 1. The third kappa shape index (κ3) is 6.90. The van der Waals surface area contributed by atoms with Gasteiger partial charge in [-0.3, -0.25) is 9.59 Å². The molecule has 0 radical (unpaired) electrons. The second kappa shape index (κ2) is 7.23. The number of aliphatic carboxylic acids is 1. The summed E-state index contributed by atoms with van der Waals surface area (Å²) in [5, 5.41) is 8.77. The quantitative estimate of drug-likeness (QED) is 0.585. The van der Waals surface area contributed by atoms with Crippen LogP contribution < -0.4 is 4.72 Å². The van der Waals surface area contributed by atoms with Crippen molar-refractivity contribution in [1.29, 1.82) is 0 Å². The number of nitrogens with one attached hydrogen (secondary N) is 1. The van der Waals surface area contributed by atoms with Gasteiger partial charge in [-0.1, -0.05) is 13.3 Å². The minimum atomic E-state index is -3.68. The molecule has 0 saturated carbocycles. The molecule has 8 heteroatoms. The number of unbranched alkanes of at least 4 members (excludes halogenated alkanes) is 1. The molecule has 2 N–H and O–H groups in total. The zero-order valence-electron chi connectivity index (χ0n) is 9.80. The van der Waals surface area contributed by atoms with E-state index in [1.165, 1.54) is 0 Å². The van der Waals surface area contributed by atoms with Gasteiger partial charge in [0.15, 0.2) is 0 Å². The van der Waals surface area contributed by atoms with Crippen LogP contribution in [0.4, 0.5) is 0 Å². The van der Waals surface area contributed by atoms with Gasteiger partial charge in [0, 0.05) is 0 Å². The van der Waals surface area contributed by atoms with E-state index in [-0.39, 0.29) is 5.75 Å². The molecule has 0 rings (SSSR count). The molecular weight excluding hydrogens is 250 g/mol. The molecule has 0 aliphatic rings. The molecule has 17 heavy (non-hydrogen) atoms. The van der Waals surface area contributed by atoms with Crippen LogP contribution in [0.2, 0.25) is 0 Å². The van der Waals surface area contributed by atoms with Gasteiger partial charge in [-0.25, -0.2) is 13.1 Å². The molecule has 0 aliphatic carbocycles. The minimum absolute atomic E-state index is 0.158. The lowest BCUT2D eigenvalue weighted by Gasteiger charge is -2.13. The van der Waals surface area contributed by atoms with Gasteiger partial charge in [-0.05, 0) is 6.42 Å². The highest BCUT2D eigenvalue weighted by Gasteiger charge is 2.26. The van der Waals surface area contributed by atoms with Gasteiger partial charge in [0.2, 0.25) is 10.0 Å². The molecular formula is C9H17NO6S. The maximum absolute atomic E-state index is 11.4. The summed E-state index contributed by atoms with van der Waals surface area (Å²) in [5.41, 5.74) is 0. The second-order valence-corrected chi connectivity index (χ2v) is 5.33. The maximum atomic E-state index is 11.4. The first-order valence-electron chi connectivity index (χ1n) is 5.12. The predicted octanol–water partition coefficient (Wildman–Crippen LogP) is -0.278. The third-order valence-corrected chi connectivity index (χ3v) is 3.45. The molecule has 0 aromatic rings. The van der Waals surface area contributed by atoms with Gasteiger partial charge >= 0.3 is 11.9 Å². The summed E-state index contributed by atoms with van der Waals surface area (Å²) in [7, 11) is -2.58. The smallest absolute Gasteiger partial charge is 0.322 e. The topological polar surface area (TPSA) is 110 Å². The number of rotatable bonds is 8. The highest BCUT2D eigenvalue weighted by atomic mass is 32.2. The fraction of sp³-hybridized carbons (Fsp3) is 0.778. The largest absolute Gasteiger partial charge is 0.480 e. The summed E-state index contributed by atoms with van der Waals surface area (Å²) >= 11 is 0. The normalized spacial score (nSPS) is 13.1. The molecule has 0 unspecified atom stereocenters. The van der Waals surface area contributed by atoms with Crippen molar-refractivity contribution in [2.75, 3.05) is 12.9 Å². The Labute approximate surface area is 100 Å².